The molecule has 1 saturated carbocycles. The van der Waals surface area contributed by atoms with Gasteiger partial charge in [0.15, 0.2) is 0 Å². The number of aromatic nitrogens is 3. The lowest BCUT2D eigenvalue weighted by atomic mass is 9.87. The zero-order valence-electron chi connectivity index (χ0n) is 9.95. The van der Waals surface area contributed by atoms with Gasteiger partial charge in [-0.3, -0.25) is 0 Å². The fourth-order valence-electron chi connectivity index (χ4n) is 2.64. The van der Waals surface area contributed by atoms with Crippen LogP contribution < -0.4 is 0 Å². The van der Waals surface area contributed by atoms with Gasteiger partial charge in [-0.2, -0.15) is 0 Å². The van der Waals surface area contributed by atoms with Crippen molar-refractivity contribution in [2.45, 2.75) is 57.3 Å². The van der Waals surface area contributed by atoms with Gasteiger partial charge in [0.05, 0.1) is 5.33 Å². The number of alkyl halides is 1. The molecule has 0 spiro atoms. The number of halogens is 1. The van der Waals surface area contributed by atoms with Gasteiger partial charge in [-0.05, 0) is 12.8 Å². The lowest BCUT2D eigenvalue weighted by Crippen LogP contribution is -2.14. The second-order valence-electron chi connectivity index (χ2n) is 4.62. The number of nitrogens with zero attached hydrogens (tertiary/aromatic N) is 3. The highest BCUT2D eigenvalue weighted by atomic mass is 79.9. The van der Waals surface area contributed by atoms with Gasteiger partial charge in [0.1, 0.15) is 11.6 Å². The fourth-order valence-corrected chi connectivity index (χ4v) is 3.05. The molecule has 0 unspecified atom stereocenters. The Labute approximate surface area is 106 Å². The molecular formula is C12H20BrN3. The van der Waals surface area contributed by atoms with Crippen LogP contribution in [0, 0.1) is 5.92 Å². The zero-order valence-corrected chi connectivity index (χ0v) is 11.5. The van der Waals surface area contributed by atoms with Crippen molar-refractivity contribution in [3.63, 3.8) is 0 Å². The molecule has 0 saturated heterocycles. The Morgan fingerprint density at radius 2 is 1.88 bits per heavy atom. The van der Waals surface area contributed by atoms with Gasteiger partial charge in [-0.15, -0.1) is 10.2 Å². The Hall–Kier alpha value is -0.380. The maximum absolute atomic E-state index is 4.33. The van der Waals surface area contributed by atoms with Crippen LogP contribution in [0.4, 0.5) is 0 Å². The van der Waals surface area contributed by atoms with Gasteiger partial charge >= 0.3 is 0 Å². The molecular weight excluding hydrogens is 266 g/mol. The molecule has 0 N–H and O–H groups in total. The van der Waals surface area contributed by atoms with Crippen molar-refractivity contribution in [2.75, 3.05) is 0 Å². The summed E-state index contributed by atoms with van der Waals surface area (Å²) in [5.74, 6) is 3.09. The molecule has 3 nitrogen and oxygen atoms in total. The predicted octanol–water partition coefficient (Wildman–Crippen LogP) is 3.32. The van der Waals surface area contributed by atoms with Crippen molar-refractivity contribution in [2.24, 2.45) is 5.92 Å². The largest absolute Gasteiger partial charge is 0.315 e. The number of hydrogen-bond acceptors (Lipinski definition) is 2. The van der Waals surface area contributed by atoms with Crippen LogP contribution in [-0.4, -0.2) is 14.8 Å². The molecule has 1 aliphatic carbocycles. The fraction of sp³-hybridized carbons (Fsp3) is 0.833. The van der Waals surface area contributed by atoms with Gasteiger partial charge < -0.3 is 4.57 Å². The molecule has 0 radical (unpaired) electrons. The molecule has 1 heterocycles. The van der Waals surface area contributed by atoms with Crippen LogP contribution in [0.1, 0.15) is 50.7 Å². The average molecular weight is 286 g/mol. The van der Waals surface area contributed by atoms with E-state index in [1.807, 2.05) is 0 Å². The molecule has 4 heteroatoms. The first-order chi connectivity index (χ1) is 7.85. The van der Waals surface area contributed by atoms with Crippen molar-refractivity contribution < 1.29 is 0 Å². The molecule has 0 aromatic carbocycles. The zero-order chi connectivity index (χ0) is 11.4. The van der Waals surface area contributed by atoms with Crippen LogP contribution in [0.25, 0.3) is 0 Å². The van der Waals surface area contributed by atoms with E-state index < -0.39 is 0 Å². The Balaban J connectivity index is 2.05. The first-order valence-electron chi connectivity index (χ1n) is 6.32. The summed E-state index contributed by atoms with van der Waals surface area (Å²) in [6.07, 6.45) is 8.09. The normalized spacial score (nSPS) is 17.9. The first kappa shape index (κ1) is 12.1. The average Bonchev–Trinajstić information content (AvgIpc) is 2.72. The van der Waals surface area contributed by atoms with E-state index in [-0.39, 0.29) is 0 Å². The molecule has 16 heavy (non-hydrogen) atoms. The summed E-state index contributed by atoms with van der Waals surface area (Å²) in [6, 6.07) is 0. The Kier molecular flexibility index (Phi) is 4.38. The minimum absolute atomic E-state index is 0.804. The van der Waals surface area contributed by atoms with E-state index in [0.29, 0.717) is 0 Å². The Morgan fingerprint density at radius 3 is 2.50 bits per heavy atom. The monoisotopic (exact) mass is 285 g/mol. The van der Waals surface area contributed by atoms with E-state index in [1.54, 1.807) is 0 Å². The maximum atomic E-state index is 4.33. The molecule has 2 rings (SSSR count). The summed E-state index contributed by atoms with van der Waals surface area (Å²) in [5, 5.41) is 9.38. The summed E-state index contributed by atoms with van der Waals surface area (Å²) in [5.41, 5.74) is 0. The van der Waals surface area contributed by atoms with E-state index >= 15 is 0 Å². The number of hydrogen-bond donors (Lipinski definition) is 0. The predicted molar refractivity (Wildman–Crippen MR) is 68.6 cm³/mol. The van der Waals surface area contributed by atoms with E-state index in [2.05, 4.69) is 37.6 Å². The third-order valence-corrected chi connectivity index (χ3v) is 4.04. The summed E-state index contributed by atoms with van der Waals surface area (Å²) < 4.78 is 2.25. The molecule has 0 amide bonds. The molecule has 1 aromatic rings. The number of rotatable bonds is 4. The van der Waals surface area contributed by atoms with Gasteiger partial charge in [0.25, 0.3) is 0 Å². The summed E-state index contributed by atoms with van der Waals surface area (Å²) in [7, 11) is 0. The standard InChI is InChI=1S/C12H20BrN3/c1-2-16-11(14-15-12(16)9-13)8-10-6-4-3-5-7-10/h10H,2-9H2,1H3. The molecule has 1 aliphatic rings. The van der Waals surface area contributed by atoms with Crippen LogP contribution in [-0.2, 0) is 18.3 Å². The highest BCUT2D eigenvalue weighted by molar-refractivity contribution is 9.08. The summed E-state index contributed by atoms with van der Waals surface area (Å²) >= 11 is 3.46. The smallest absolute Gasteiger partial charge is 0.143 e. The Morgan fingerprint density at radius 1 is 1.19 bits per heavy atom. The lowest BCUT2D eigenvalue weighted by Gasteiger charge is -2.21. The first-order valence-corrected chi connectivity index (χ1v) is 7.44. The van der Waals surface area contributed by atoms with Gasteiger partial charge in [-0.1, -0.05) is 48.0 Å². The van der Waals surface area contributed by atoms with E-state index in [1.165, 1.54) is 37.9 Å². The third-order valence-electron chi connectivity index (χ3n) is 3.54. The van der Waals surface area contributed by atoms with Gasteiger partial charge in [0, 0.05) is 13.0 Å². The van der Waals surface area contributed by atoms with Crippen LogP contribution in [0.5, 0.6) is 0 Å². The summed E-state index contributed by atoms with van der Waals surface area (Å²) in [6.45, 7) is 3.15. The molecule has 0 aliphatic heterocycles. The van der Waals surface area contributed by atoms with Crippen molar-refractivity contribution in [1.82, 2.24) is 14.8 Å². The second-order valence-corrected chi connectivity index (χ2v) is 5.18. The molecule has 0 bridgehead atoms. The topological polar surface area (TPSA) is 30.7 Å². The van der Waals surface area contributed by atoms with E-state index in [4.69, 9.17) is 0 Å². The van der Waals surface area contributed by atoms with Gasteiger partial charge in [0.2, 0.25) is 0 Å². The highest BCUT2D eigenvalue weighted by Crippen LogP contribution is 2.26. The van der Waals surface area contributed by atoms with Crippen LogP contribution in [0.15, 0.2) is 0 Å². The molecule has 1 aromatic heterocycles. The third kappa shape index (κ3) is 2.65. The Bertz CT molecular complexity index is 329. The van der Waals surface area contributed by atoms with Gasteiger partial charge in [-0.25, -0.2) is 0 Å². The SMILES string of the molecule is CCn1c(CBr)nnc1CC1CCCCC1. The van der Waals surface area contributed by atoms with Crippen LogP contribution in [0.2, 0.25) is 0 Å². The lowest BCUT2D eigenvalue weighted by molar-refractivity contribution is 0.347. The molecule has 0 atom stereocenters. The van der Waals surface area contributed by atoms with Crippen molar-refractivity contribution in [1.29, 1.82) is 0 Å². The second kappa shape index (κ2) is 5.80. The van der Waals surface area contributed by atoms with Crippen molar-refractivity contribution in [3.05, 3.63) is 11.6 Å². The van der Waals surface area contributed by atoms with E-state index in [9.17, 15) is 0 Å². The molecule has 90 valence electrons. The van der Waals surface area contributed by atoms with Crippen LogP contribution in [0.3, 0.4) is 0 Å². The minimum Gasteiger partial charge on any atom is -0.315 e. The maximum Gasteiger partial charge on any atom is 0.143 e. The highest BCUT2D eigenvalue weighted by Gasteiger charge is 2.18. The van der Waals surface area contributed by atoms with Crippen molar-refractivity contribution >= 4 is 15.9 Å². The summed E-state index contributed by atoms with van der Waals surface area (Å²) in [4.78, 5) is 0. The van der Waals surface area contributed by atoms with E-state index in [0.717, 1.165) is 30.0 Å². The quantitative estimate of drug-likeness (QED) is 0.795. The van der Waals surface area contributed by atoms with Crippen molar-refractivity contribution in [3.8, 4) is 0 Å². The minimum atomic E-state index is 0.804. The van der Waals surface area contributed by atoms with Crippen LogP contribution >= 0.6 is 15.9 Å². The molecule has 1 fully saturated rings.